The number of ether oxygens (including phenoxy) is 1. The Morgan fingerprint density at radius 3 is 2.75 bits per heavy atom. The smallest absolute Gasteiger partial charge is 0.134 e. The van der Waals surface area contributed by atoms with Crippen molar-refractivity contribution in [2.75, 3.05) is 7.11 Å². The van der Waals surface area contributed by atoms with Crippen LogP contribution in [0.3, 0.4) is 0 Å². The average Bonchev–Trinajstić information content (AvgIpc) is 2.29. The Hall–Kier alpha value is -1.54. The average molecular weight is 236 g/mol. The third-order valence-electron chi connectivity index (χ3n) is 2.24. The normalized spacial score (nSPS) is 10.2. The van der Waals surface area contributed by atoms with E-state index < -0.39 is 0 Å². The van der Waals surface area contributed by atoms with Crippen LogP contribution in [0.5, 0.6) is 5.75 Å². The van der Waals surface area contributed by atoms with Gasteiger partial charge < -0.3 is 4.74 Å². The Morgan fingerprint density at radius 2 is 2.06 bits per heavy atom. The Bertz CT molecular complexity index is 511. The lowest BCUT2D eigenvalue weighted by molar-refractivity contribution is 0.415. The molecule has 2 aromatic carbocycles. The summed E-state index contributed by atoms with van der Waals surface area (Å²) in [5, 5.41) is 0.375. The van der Waals surface area contributed by atoms with Gasteiger partial charge in [0.1, 0.15) is 11.6 Å². The maximum atomic E-state index is 13.7. The van der Waals surface area contributed by atoms with Crippen molar-refractivity contribution in [2.24, 2.45) is 0 Å². The second kappa shape index (κ2) is 4.54. The van der Waals surface area contributed by atoms with Crippen molar-refractivity contribution >= 4 is 11.6 Å². The van der Waals surface area contributed by atoms with Crippen molar-refractivity contribution in [1.82, 2.24) is 0 Å². The van der Waals surface area contributed by atoms with Gasteiger partial charge in [-0.25, -0.2) is 4.39 Å². The van der Waals surface area contributed by atoms with E-state index >= 15 is 0 Å². The van der Waals surface area contributed by atoms with Crippen LogP contribution in [-0.4, -0.2) is 7.11 Å². The first-order chi connectivity index (χ1) is 7.72. The van der Waals surface area contributed by atoms with Crippen molar-refractivity contribution in [2.45, 2.75) is 0 Å². The molecule has 0 fully saturated rings. The topological polar surface area (TPSA) is 9.23 Å². The minimum Gasteiger partial charge on any atom is -0.495 e. The standard InChI is InChI=1S/C13H9ClFO/c1-16-13-5-3-2-4-11(13)10-7-6-9(14)8-12(10)15/h2-4,6-8H,1H3. The van der Waals surface area contributed by atoms with Gasteiger partial charge in [0.25, 0.3) is 0 Å². The van der Waals surface area contributed by atoms with Gasteiger partial charge in [0.05, 0.1) is 7.11 Å². The van der Waals surface area contributed by atoms with E-state index in [1.54, 1.807) is 30.3 Å². The van der Waals surface area contributed by atoms with E-state index in [4.69, 9.17) is 16.3 Å². The zero-order valence-electron chi connectivity index (χ0n) is 8.63. The maximum absolute atomic E-state index is 13.7. The number of halogens is 2. The first kappa shape index (κ1) is 11.0. The molecule has 0 unspecified atom stereocenters. The molecule has 0 bridgehead atoms. The van der Waals surface area contributed by atoms with Crippen LogP contribution in [0.2, 0.25) is 5.02 Å². The van der Waals surface area contributed by atoms with Crippen LogP contribution < -0.4 is 4.74 Å². The zero-order valence-corrected chi connectivity index (χ0v) is 9.38. The summed E-state index contributed by atoms with van der Waals surface area (Å²) in [6, 6.07) is 12.7. The van der Waals surface area contributed by atoms with E-state index in [2.05, 4.69) is 6.07 Å². The second-order valence-electron chi connectivity index (χ2n) is 3.24. The SMILES string of the molecule is COc1[c]cccc1-c1ccc(Cl)cc1F. The molecular formula is C13H9ClFO. The van der Waals surface area contributed by atoms with E-state index in [-0.39, 0.29) is 5.82 Å². The van der Waals surface area contributed by atoms with Gasteiger partial charge in [-0.15, -0.1) is 0 Å². The molecule has 3 heteroatoms. The Balaban J connectivity index is 2.58. The number of benzene rings is 2. The molecule has 0 saturated heterocycles. The van der Waals surface area contributed by atoms with Crippen molar-refractivity contribution in [3.05, 3.63) is 53.3 Å². The van der Waals surface area contributed by atoms with Gasteiger partial charge in [-0.3, -0.25) is 0 Å². The molecule has 0 aromatic heterocycles. The van der Waals surface area contributed by atoms with Gasteiger partial charge in [0.2, 0.25) is 0 Å². The van der Waals surface area contributed by atoms with Crippen molar-refractivity contribution in [3.63, 3.8) is 0 Å². The highest BCUT2D eigenvalue weighted by Crippen LogP contribution is 2.32. The quantitative estimate of drug-likeness (QED) is 0.766. The van der Waals surface area contributed by atoms with Crippen molar-refractivity contribution in [1.29, 1.82) is 0 Å². The third kappa shape index (κ3) is 2.02. The van der Waals surface area contributed by atoms with E-state index in [9.17, 15) is 4.39 Å². The van der Waals surface area contributed by atoms with E-state index in [1.807, 2.05) is 0 Å². The molecule has 0 aliphatic carbocycles. The first-order valence-electron chi connectivity index (χ1n) is 4.72. The molecule has 1 nitrogen and oxygen atoms in total. The monoisotopic (exact) mass is 235 g/mol. The molecule has 1 radical (unpaired) electrons. The summed E-state index contributed by atoms with van der Waals surface area (Å²) >= 11 is 5.70. The molecule has 0 aliphatic heterocycles. The third-order valence-corrected chi connectivity index (χ3v) is 2.48. The zero-order chi connectivity index (χ0) is 11.5. The maximum Gasteiger partial charge on any atom is 0.134 e. The molecule has 0 atom stereocenters. The van der Waals surface area contributed by atoms with Crippen molar-refractivity contribution in [3.8, 4) is 16.9 Å². The van der Waals surface area contributed by atoms with Gasteiger partial charge >= 0.3 is 0 Å². The largest absolute Gasteiger partial charge is 0.495 e. The van der Waals surface area contributed by atoms with Crippen LogP contribution in [0.15, 0.2) is 36.4 Å². The van der Waals surface area contributed by atoms with E-state index in [1.165, 1.54) is 13.2 Å². The highest BCUT2D eigenvalue weighted by molar-refractivity contribution is 6.30. The molecule has 2 aromatic rings. The summed E-state index contributed by atoms with van der Waals surface area (Å²) in [6.07, 6.45) is 0. The minimum absolute atomic E-state index is 0.370. The Labute approximate surface area is 98.4 Å². The molecule has 0 spiro atoms. The molecular weight excluding hydrogens is 227 g/mol. The second-order valence-corrected chi connectivity index (χ2v) is 3.68. The summed E-state index contributed by atoms with van der Waals surface area (Å²) < 4.78 is 18.8. The predicted molar refractivity (Wildman–Crippen MR) is 62.2 cm³/mol. The van der Waals surface area contributed by atoms with Crippen LogP contribution >= 0.6 is 11.6 Å². The lowest BCUT2D eigenvalue weighted by Gasteiger charge is -2.08. The number of hydrogen-bond donors (Lipinski definition) is 0. The highest BCUT2D eigenvalue weighted by Gasteiger charge is 2.10. The summed E-state index contributed by atoms with van der Waals surface area (Å²) in [7, 11) is 1.53. The lowest BCUT2D eigenvalue weighted by atomic mass is 10.0. The number of hydrogen-bond acceptors (Lipinski definition) is 1. The minimum atomic E-state index is -0.370. The predicted octanol–water partition coefficient (Wildman–Crippen LogP) is 3.95. The van der Waals surface area contributed by atoms with Crippen LogP contribution in [0.25, 0.3) is 11.1 Å². The Kier molecular flexibility index (Phi) is 3.11. The molecule has 0 amide bonds. The summed E-state index contributed by atoms with van der Waals surface area (Å²) in [5.41, 5.74) is 1.12. The van der Waals surface area contributed by atoms with Gasteiger partial charge in [-0.2, -0.15) is 0 Å². The lowest BCUT2D eigenvalue weighted by Crippen LogP contribution is -1.90. The van der Waals surface area contributed by atoms with Gasteiger partial charge in [0.15, 0.2) is 0 Å². The molecule has 0 heterocycles. The van der Waals surface area contributed by atoms with Gasteiger partial charge in [-0.1, -0.05) is 29.8 Å². The molecule has 0 aliphatic rings. The fourth-order valence-electron chi connectivity index (χ4n) is 1.51. The molecule has 0 saturated carbocycles. The van der Waals surface area contributed by atoms with Crippen LogP contribution in [-0.2, 0) is 0 Å². The number of methoxy groups -OCH3 is 1. The fraction of sp³-hybridized carbons (Fsp3) is 0.0769. The van der Waals surface area contributed by atoms with E-state index in [0.717, 1.165) is 0 Å². The fourth-order valence-corrected chi connectivity index (χ4v) is 1.67. The molecule has 2 rings (SSSR count). The number of rotatable bonds is 2. The van der Waals surface area contributed by atoms with Crippen LogP contribution in [0.1, 0.15) is 0 Å². The Morgan fingerprint density at radius 1 is 1.25 bits per heavy atom. The summed E-state index contributed by atoms with van der Waals surface area (Å²) in [6.45, 7) is 0. The first-order valence-corrected chi connectivity index (χ1v) is 5.10. The molecule has 0 N–H and O–H groups in total. The summed E-state index contributed by atoms with van der Waals surface area (Å²) in [4.78, 5) is 0. The van der Waals surface area contributed by atoms with Crippen LogP contribution in [0, 0.1) is 11.9 Å². The van der Waals surface area contributed by atoms with Gasteiger partial charge in [0, 0.05) is 22.2 Å². The number of para-hydroxylation sites is 1. The molecule has 81 valence electrons. The van der Waals surface area contributed by atoms with Gasteiger partial charge in [-0.05, 0) is 18.2 Å². The molecule has 16 heavy (non-hydrogen) atoms. The summed E-state index contributed by atoms with van der Waals surface area (Å²) in [5.74, 6) is 0.147. The van der Waals surface area contributed by atoms with Crippen LogP contribution in [0.4, 0.5) is 4.39 Å². The van der Waals surface area contributed by atoms with E-state index in [0.29, 0.717) is 21.9 Å². The van der Waals surface area contributed by atoms with Crippen molar-refractivity contribution < 1.29 is 9.13 Å². The highest BCUT2D eigenvalue weighted by atomic mass is 35.5.